The number of benzene rings is 1. The molecule has 0 aromatic heterocycles. The van der Waals surface area contributed by atoms with E-state index in [0.29, 0.717) is 12.1 Å². The summed E-state index contributed by atoms with van der Waals surface area (Å²) in [6, 6.07) is 4.81. The zero-order valence-electron chi connectivity index (χ0n) is 8.50. The number of aryl methyl sites for hydroxylation is 1. The molecular formula is C11H16FNO. The Bertz CT molecular complexity index is 314. The predicted molar refractivity (Wildman–Crippen MR) is 54.3 cm³/mol. The van der Waals surface area contributed by atoms with E-state index in [4.69, 9.17) is 5.73 Å². The second-order valence-electron chi connectivity index (χ2n) is 3.68. The summed E-state index contributed by atoms with van der Waals surface area (Å²) >= 11 is 0. The third-order valence-corrected chi connectivity index (χ3v) is 2.39. The zero-order chi connectivity index (χ0) is 10.7. The summed E-state index contributed by atoms with van der Waals surface area (Å²) in [7, 11) is 0. The SMILES string of the molecule is Cc1ccc(C(O)C(C)CN)c(F)c1. The fourth-order valence-corrected chi connectivity index (χ4v) is 1.31. The molecule has 0 spiro atoms. The molecule has 2 unspecified atom stereocenters. The molecule has 3 N–H and O–H groups in total. The number of rotatable bonds is 3. The van der Waals surface area contributed by atoms with Crippen molar-refractivity contribution in [2.75, 3.05) is 6.54 Å². The van der Waals surface area contributed by atoms with Gasteiger partial charge in [-0.25, -0.2) is 4.39 Å². The van der Waals surface area contributed by atoms with Crippen LogP contribution >= 0.6 is 0 Å². The molecule has 2 atom stereocenters. The predicted octanol–water partition coefficient (Wildman–Crippen LogP) is 1.76. The fraction of sp³-hybridized carbons (Fsp3) is 0.455. The maximum atomic E-state index is 13.4. The molecule has 1 rings (SSSR count). The number of halogens is 1. The number of aliphatic hydroxyl groups excluding tert-OH is 1. The quantitative estimate of drug-likeness (QED) is 0.775. The summed E-state index contributed by atoms with van der Waals surface area (Å²) in [6.07, 6.45) is -0.819. The molecule has 14 heavy (non-hydrogen) atoms. The third kappa shape index (κ3) is 2.30. The van der Waals surface area contributed by atoms with Crippen LogP contribution < -0.4 is 5.73 Å². The topological polar surface area (TPSA) is 46.2 Å². The van der Waals surface area contributed by atoms with Gasteiger partial charge in [-0.1, -0.05) is 19.1 Å². The van der Waals surface area contributed by atoms with Crippen molar-refractivity contribution >= 4 is 0 Å². The number of aliphatic hydroxyl groups is 1. The van der Waals surface area contributed by atoms with E-state index in [-0.39, 0.29) is 11.7 Å². The molecule has 0 heterocycles. The van der Waals surface area contributed by atoms with Crippen LogP contribution in [0.1, 0.15) is 24.2 Å². The maximum Gasteiger partial charge on any atom is 0.129 e. The van der Waals surface area contributed by atoms with Gasteiger partial charge in [-0.15, -0.1) is 0 Å². The highest BCUT2D eigenvalue weighted by Crippen LogP contribution is 2.24. The van der Waals surface area contributed by atoms with Gasteiger partial charge in [0, 0.05) is 5.56 Å². The molecular weight excluding hydrogens is 181 g/mol. The molecule has 0 aliphatic rings. The first-order valence-corrected chi connectivity index (χ1v) is 4.70. The largest absolute Gasteiger partial charge is 0.388 e. The third-order valence-electron chi connectivity index (χ3n) is 2.39. The van der Waals surface area contributed by atoms with Crippen molar-refractivity contribution in [1.29, 1.82) is 0 Å². The van der Waals surface area contributed by atoms with E-state index >= 15 is 0 Å². The first kappa shape index (κ1) is 11.1. The van der Waals surface area contributed by atoms with Crippen LogP contribution in [-0.4, -0.2) is 11.7 Å². The van der Waals surface area contributed by atoms with Gasteiger partial charge < -0.3 is 10.8 Å². The molecule has 0 fully saturated rings. The Kier molecular flexibility index (Phi) is 3.61. The van der Waals surface area contributed by atoms with Crippen molar-refractivity contribution in [2.45, 2.75) is 20.0 Å². The van der Waals surface area contributed by atoms with E-state index in [0.717, 1.165) is 5.56 Å². The van der Waals surface area contributed by atoms with Gasteiger partial charge in [0.2, 0.25) is 0 Å². The smallest absolute Gasteiger partial charge is 0.129 e. The highest BCUT2D eigenvalue weighted by atomic mass is 19.1. The Balaban J connectivity index is 2.95. The number of hydrogen-bond acceptors (Lipinski definition) is 2. The maximum absolute atomic E-state index is 13.4. The average molecular weight is 197 g/mol. The summed E-state index contributed by atoms with van der Waals surface area (Å²) in [6.45, 7) is 3.95. The van der Waals surface area contributed by atoms with Crippen molar-refractivity contribution in [3.8, 4) is 0 Å². The Morgan fingerprint density at radius 3 is 2.64 bits per heavy atom. The van der Waals surface area contributed by atoms with Crippen molar-refractivity contribution < 1.29 is 9.50 Å². The molecule has 3 heteroatoms. The van der Waals surface area contributed by atoms with Gasteiger partial charge in [0.25, 0.3) is 0 Å². The first-order chi connectivity index (χ1) is 6.56. The van der Waals surface area contributed by atoms with Gasteiger partial charge in [-0.3, -0.25) is 0 Å². The first-order valence-electron chi connectivity index (χ1n) is 4.70. The molecule has 0 saturated carbocycles. The summed E-state index contributed by atoms with van der Waals surface area (Å²) < 4.78 is 13.4. The number of hydrogen-bond donors (Lipinski definition) is 2. The molecule has 0 aliphatic carbocycles. The van der Waals surface area contributed by atoms with Crippen LogP contribution in [0, 0.1) is 18.7 Å². The molecule has 0 aliphatic heterocycles. The van der Waals surface area contributed by atoms with Crippen LogP contribution in [0.4, 0.5) is 4.39 Å². The molecule has 2 nitrogen and oxygen atoms in total. The van der Waals surface area contributed by atoms with E-state index in [1.807, 2.05) is 6.92 Å². The van der Waals surface area contributed by atoms with Gasteiger partial charge in [-0.2, -0.15) is 0 Å². The van der Waals surface area contributed by atoms with Crippen molar-refractivity contribution in [2.24, 2.45) is 11.7 Å². The van der Waals surface area contributed by atoms with Crippen LogP contribution in [0.5, 0.6) is 0 Å². The van der Waals surface area contributed by atoms with Crippen molar-refractivity contribution in [3.63, 3.8) is 0 Å². The van der Waals surface area contributed by atoms with E-state index in [1.54, 1.807) is 19.1 Å². The Morgan fingerprint density at radius 2 is 2.14 bits per heavy atom. The minimum Gasteiger partial charge on any atom is -0.388 e. The van der Waals surface area contributed by atoms with Crippen LogP contribution in [0.3, 0.4) is 0 Å². The van der Waals surface area contributed by atoms with Gasteiger partial charge in [0.05, 0.1) is 6.10 Å². The second kappa shape index (κ2) is 4.53. The highest BCUT2D eigenvalue weighted by Gasteiger charge is 2.18. The minimum absolute atomic E-state index is 0.132. The average Bonchev–Trinajstić information content (AvgIpc) is 2.15. The van der Waals surface area contributed by atoms with E-state index in [1.165, 1.54) is 6.07 Å². The van der Waals surface area contributed by atoms with Crippen LogP contribution in [0.25, 0.3) is 0 Å². The Hall–Kier alpha value is -0.930. The lowest BCUT2D eigenvalue weighted by atomic mass is 9.96. The second-order valence-corrected chi connectivity index (χ2v) is 3.68. The lowest BCUT2D eigenvalue weighted by molar-refractivity contribution is 0.118. The van der Waals surface area contributed by atoms with Gasteiger partial charge in [-0.05, 0) is 31.0 Å². The summed E-state index contributed by atoms with van der Waals surface area (Å²) in [5.41, 5.74) is 6.58. The summed E-state index contributed by atoms with van der Waals surface area (Å²) in [5, 5.41) is 9.74. The van der Waals surface area contributed by atoms with Gasteiger partial charge >= 0.3 is 0 Å². The number of nitrogens with two attached hydrogens (primary N) is 1. The molecule has 0 amide bonds. The van der Waals surface area contributed by atoms with E-state index in [9.17, 15) is 9.50 Å². The highest BCUT2D eigenvalue weighted by molar-refractivity contribution is 5.25. The van der Waals surface area contributed by atoms with Crippen molar-refractivity contribution in [3.05, 3.63) is 35.1 Å². The summed E-state index contributed by atoms with van der Waals surface area (Å²) in [5.74, 6) is -0.495. The van der Waals surface area contributed by atoms with Crippen molar-refractivity contribution in [1.82, 2.24) is 0 Å². The van der Waals surface area contributed by atoms with Crippen LogP contribution in [0.2, 0.25) is 0 Å². The van der Waals surface area contributed by atoms with Gasteiger partial charge in [0.1, 0.15) is 5.82 Å². The minimum atomic E-state index is -0.819. The van der Waals surface area contributed by atoms with E-state index < -0.39 is 6.10 Å². The lowest BCUT2D eigenvalue weighted by Crippen LogP contribution is -2.19. The molecule has 78 valence electrons. The van der Waals surface area contributed by atoms with Gasteiger partial charge in [0.15, 0.2) is 0 Å². The van der Waals surface area contributed by atoms with Crippen LogP contribution in [-0.2, 0) is 0 Å². The molecule has 1 aromatic rings. The Labute approximate surface area is 83.6 Å². The fourth-order valence-electron chi connectivity index (χ4n) is 1.31. The standard InChI is InChI=1S/C11H16FNO/c1-7-3-4-9(10(12)5-7)11(14)8(2)6-13/h3-5,8,11,14H,6,13H2,1-2H3. The molecule has 0 saturated heterocycles. The zero-order valence-corrected chi connectivity index (χ0v) is 8.50. The van der Waals surface area contributed by atoms with Crippen LogP contribution in [0.15, 0.2) is 18.2 Å². The normalized spacial score (nSPS) is 15.2. The molecule has 0 bridgehead atoms. The summed E-state index contributed by atoms with van der Waals surface area (Å²) in [4.78, 5) is 0. The molecule has 1 aromatic carbocycles. The molecule has 0 radical (unpaired) electrons. The monoisotopic (exact) mass is 197 g/mol. The lowest BCUT2D eigenvalue weighted by Gasteiger charge is -2.18. The Morgan fingerprint density at radius 1 is 1.50 bits per heavy atom. The van der Waals surface area contributed by atoms with E-state index in [2.05, 4.69) is 0 Å².